The van der Waals surface area contributed by atoms with E-state index in [0.29, 0.717) is 11.8 Å². The predicted octanol–water partition coefficient (Wildman–Crippen LogP) is 3.47. The van der Waals surface area contributed by atoms with Gasteiger partial charge in [-0.1, -0.05) is 35.2 Å². The van der Waals surface area contributed by atoms with Crippen molar-refractivity contribution in [3.05, 3.63) is 29.0 Å². The Balaban J connectivity index is 1.55. The molecule has 3 rings (SSSR count). The van der Waals surface area contributed by atoms with Crippen molar-refractivity contribution >= 4 is 32.7 Å². The second-order valence-electron chi connectivity index (χ2n) is 5.94. The van der Waals surface area contributed by atoms with Gasteiger partial charge in [0.2, 0.25) is 5.88 Å². The van der Waals surface area contributed by atoms with E-state index in [1.54, 1.807) is 0 Å². The van der Waals surface area contributed by atoms with Crippen LogP contribution in [0.1, 0.15) is 32.1 Å². The van der Waals surface area contributed by atoms with Crippen LogP contribution in [0.15, 0.2) is 29.0 Å². The first-order valence-corrected chi connectivity index (χ1v) is 8.81. The van der Waals surface area contributed by atoms with Crippen LogP contribution in [0.4, 0.5) is 0 Å². The Bertz CT molecular complexity index is 687. The van der Waals surface area contributed by atoms with Gasteiger partial charge in [-0.3, -0.25) is 4.79 Å². The summed E-state index contributed by atoms with van der Waals surface area (Å²) in [5.41, 5.74) is 0.792. The number of benzene rings is 1. The van der Waals surface area contributed by atoms with Crippen molar-refractivity contribution in [2.24, 2.45) is 5.92 Å². The van der Waals surface area contributed by atoms with Gasteiger partial charge >= 0.3 is 0 Å². The fourth-order valence-corrected chi connectivity index (χ4v) is 3.32. The molecular formula is C17H20BrN3O2. The smallest absolute Gasteiger partial charge is 0.258 e. The maximum Gasteiger partial charge on any atom is 0.258 e. The standard InChI is InChI=1S/C17H20BrN3O2/c18-13-6-7-15-14(8-13)17(21-11-20-15)23-10-16(22)19-9-12-4-2-1-3-5-12/h6-8,11-12H,1-5,9-10H2,(H,19,22). The minimum atomic E-state index is -0.0997. The highest BCUT2D eigenvalue weighted by atomic mass is 79.9. The van der Waals surface area contributed by atoms with E-state index < -0.39 is 0 Å². The lowest BCUT2D eigenvalue weighted by molar-refractivity contribution is -0.123. The number of hydrogen-bond donors (Lipinski definition) is 1. The van der Waals surface area contributed by atoms with E-state index in [4.69, 9.17) is 4.74 Å². The number of nitrogens with one attached hydrogen (secondary N) is 1. The minimum Gasteiger partial charge on any atom is -0.467 e. The number of amides is 1. The number of aromatic nitrogens is 2. The van der Waals surface area contributed by atoms with Crippen LogP contribution in [-0.4, -0.2) is 29.0 Å². The van der Waals surface area contributed by atoms with Gasteiger partial charge < -0.3 is 10.1 Å². The highest BCUT2D eigenvalue weighted by Gasteiger charge is 2.15. The Morgan fingerprint density at radius 2 is 2.09 bits per heavy atom. The van der Waals surface area contributed by atoms with E-state index in [-0.39, 0.29) is 12.5 Å². The van der Waals surface area contributed by atoms with E-state index in [1.165, 1.54) is 38.4 Å². The molecule has 1 saturated carbocycles. The molecule has 1 N–H and O–H groups in total. The first kappa shape index (κ1) is 16.2. The molecule has 0 radical (unpaired) electrons. The van der Waals surface area contributed by atoms with E-state index in [9.17, 15) is 4.79 Å². The zero-order valence-corrected chi connectivity index (χ0v) is 14.5. The summed E-state index contributed by atoms with van der Waals surface area (Å²) < 4.78 is 6.51. The summed E-state index contributed by atoms with van der Waals surface area (Å²) in [5.74, 6) is 0.949. The third-order valence-electron chi connectivity index (χ3n) is 4.21. The number of fused-ring (bicyclic) bond motifs is 1. The zero-order chi connectivity index (χ0) is 16.1. The predicted molar refractivity (Wildman–Crippen MR) is 92.3 cm³/mol. The van der Waals surface area contributed by atoms with Gasteiger partial charge in [0.1, 0.15) is 6.33 Å². The topological polar surface area (TPSA) is 64.1 Å². The van der Waals surface area contributed by atoms with Crippen LogP contribution in [-0.2, 0) is 4.79 Å². The number of carbonyl (C=O) groups excluding carboxylic acids is 1. The van der Waals surface area contributed by atoms with Gasteiger partial charge in [-0.15, -0.1) is 0 Å². The highest BCUT2D eigenvalue weighted by Crippen LogP contribution is 2.25. The van der Waals surface area contributed by atoms with Crippen molar-refractivity contribution in [3.63, 3.8) is 0 Å². The third-order valence-corrected chi connectivity index (χ3v) is 4.71. The van der Waals surface area contributed by atoms with E-state index in [0.717, 1.165) is 21.9 Å². The first-order chi connectivity index (χ1) is 11.2. The average molecular weight is 378 g/mol. The molecule has 5 nitrogen and oxygen atoms in total. The van der Waals surface area contributed by atoms with Crippen LogP contribution in [0.3, 0.4) is 0 Å². The van der Waals surface area contributed by atoms with Gasteiger partial charge in [0.05, 0.1) is 10.9 Å². The van der Waals surface area contributed by atoms with Gasteiger partial charge in [-0.05, 0) is 37.0 Å². The number of halogens is 1. The van der Waals surface area contributed by atoms with Crippen molar-refractivity contribution in [1.29, 1.82) is 0 Å². The summed E-state index contributed by atoms with van der Waals surface area (Å²) in [7, 11) is 0. The summed E-state index contributed by atoms with van der Waals surface area (Å²) >= 11 is 3.43. The third kappa shape index (κ3) is 4.41. The molecule has 0 unspecified atom stereocenters. The highest BCUT2D eigenvalue weighted by molar-refractivity contribution is 9.10. The summed E-state index contributed by atoms with van der Waals surface area (Å²) in [6, 6.07) is 5.69. The molecule has 1 aromatic carbocycles. The monoisotopic (exact) mass is 377 g/mol. The molecule has 122 valence electrons. The molecule has 1 aliphatic carbocycles. The summed E-state index contributed by atoms with van der Waals surface area (Å²) in [6.45, 7) is 0.726. The van der Waals surface area contributed by atoms with E-state index in [2.05, 4.69) is 31.2 Å². The summed E-state index contributed by atoms with van der Waals surface area (Å²) in [6.07, 6.45) is 7.75. The Hall–Kier alpha value is -1.69. The number of nitrogens with zero attached hydrogens (tertiary/aromatic N) is 2. The van der Waals surface area contributed by atoms with Gasteiger partial charge in [0.15, 0.2) is 6.61 Å². The molecule has 1 fully saturated rings. The quantitative estimate of drug-likeness (QED) is 0.866. The van der Waals surface area contributed by atoms with Crippen molar-refractivity contribution in [2.45, 2.75) is 32.1 Å². The number of ether oxygens (including phenoxy) is 1. The molecule has 0 saturated heterocycles. The molecule has 0 aliphatic heterocycles. The van der Waals surface area contributed by atoms with Crippen molar-refractivity contribution in [2.75, 3.05) is 13.2 Å². The van der Waals surface area contributed by atoms with Crippen LogP contribution in [0.5, 0.6) is 5.88 Å². The molecule has 23 heavy (non-hydrogen) atoms. The summed E-state index contributed by atoms with van der Waals surface area (Å²) in [5, 5.41) is 3.76. The fourth-order valence-electron chi connectivity index (χ4n) is 2.95. The SMILES string of the molecule is O=C(COc1ncnc2ccc(Br)cc12)NCC1CCCCC1. The van der Waals surface area contributed by atoms with Gasteiger partial charge in [0.25, 0.3) is 5.91 Å². The molecule has 1 aliphatic rings. The van der Waals surface area contributed by atoms with Crippen molar-refractivity contribution in [1.82, 2.24) is 15.3 Å². The van der Waals surface area contributed by atoms with Crippen LogP contribution < -0.4 is 10.1 Å². The van der Waals surface area contributed by atoms with E-state index >= 15 is 0 Å². The maximum atomic E-state index is 12.0. The minimum absolute atomic E-state index is 0.0225. The lowest BCUT2D eigenvalue weighted by Gasteiger charge is -2.21. The molecule has 6 heteroatoms. The number of carbonyl (C=O) groups is 1. The summed E-state index contributed by atoms with van der Waals surface area (Å²) in [4.78, 5) is 20.3. The van der Waals surface area contributed by atoms with Crippen molar-refractivity contribution in [3.8, 4) is 5.88 Å². The lowest BCUT2D eigenvalue weighted by atomic mass is 9.89. The molecule has 2 aromatic rings. The largest absolute Gasteiger partial charge is 0.467 e. The maximum absolute atomic E-state index is 12.0. The van der Waals surface area contributed by atoms with Crippen molar-refractivity contribution < 1.29 is 9.53 Å². The van der Waals surface area contributed by atoms with Crippen LogP contribution in [0.25, 0.3) is 10.9 Å². The zero-order valence-electron chi connectivity index (χ0n) is 12.9. The van der Waals surface area contributed by atoms with Crippen LogP contribution in [0, 0.1) is 5.92 Å². The number of hydrogen-bond acceptors (Lipinski definition) is 4. The fraction of sp³-hybridized carbons (Fsp3) is 0.471. The van der Waals surface area contributed by atoms with E-state index in [1.807, 2.05) is 18.2 Å². The Labute approximate surface area is 144 Å². The molecule has 1 heterocycles. The molecular weight excluding hydrogens is 358 g/mol. The molecule has 1 amide bonds. The molecule has 0 spiro atoms. The Morgan fingerprint density at radius 1 is 1.26 bits per heavy atom. The van der Waals surface area contributed by atoms with Gasteiger partial charge in [-0.25, -0.2) is 9.97 Å². The molecule has 1 aromatic heterocycles. The lowest BCUT2D eigenvalue weighted by Crippen LogP contribution is -2.33. The van der Waals surface area contributed by atoms with Gasteiger partial charge in [-0.2, -0.15) is 0 Å². The molecule has 0 bridgehead atoms. The molecule has 0 atom stereocenters. The normalized spacial score (nSPS) is 15.5. The Kier molecular flexibility index (Phi) is 5.43. The second-order valence-corrected chi connectivity index (χ2v) is 6.85. The van der Waals surface area contributed by atoms with Crippen LogP contribution in [0.2, 0.25) is 0 Å². The average Bonchev–Trinajstić information content (AvgIpc) is 2.59. The van der Waals surface area contributed by atoms with Crippen LogP contribution >= 0.6 is 15.9 Å². The van der Waals surface area contributed by atoms with Gasteiger partial charge in [0, 0.05) is 11.0 Å². The first-order valence-electron chi connectivity index (χ1n) is 8.02. The Morgan fingerprint density at radius 3 is 2.91 bits per heavy atom. The number of rotatable bonds is 5. The second kappa shape index (κ2) is 7.73.